The van der Waals surface area contributed by atoms with E-state index in [1.165, 1.54) is 44.2 Å². The number of para-hydroxylation sites is 3. The van der Waals surface area contributed by atoms with Crippen LogP contribution in [0.3, 0.4) is 0 Å². The van der Waals surface area contributed by atoms with E-state index in [9.17, 15) is 0 Å². The van der Waals surface area contributed by atoms with Crippen LogP contribution in [-0.4, -0.2) is 9.13 Å². The first-order valence-electron chi connectivity index (χ1n) is 29.0. The largest absolute Gasteiger partial charge is 0.455 e. The molecule has 0 unspecified atom stereocenters. The first-order chi connectivity index (χ1) is 41.4. The van der Waals surface area contributed by atoms with Gasteiger partial charge in [-0.2, -0.15) is 0 Å². The third-order valence-corrected chi connectivity index (χ3v) is 17.9. The minimum absolute atomic E-state index is 0.138. The van der Waals surface area contributed by atoms with Gasteiger partial charge in [0.25, 0.3) is 0 Å². The number of nitrogens with zero attached hydrogens (tertiary/aromatic N) is 4. The zero-order valence-electron chi connectivity index (χ0n) is 46.4. The molecular weight excluding hydrogens is 1020 g/mol. The number of anilines is 6. The van der Waals surface area contributed by atoms with Gasteiger partial charge in [0.15, 0.2) is 0 Å². The molecular formula is C79H54N4O. The van der Waals surface area contributed by atoms with Gasteiger partial charge in [0.1, 0.15) is 11.2 Å². The highest BCUT2D eigenvalue weighted by molar-refractivity contribution is 6.29. The minimum Gasteiger partial charge on any atom is -0.455 e. The maximum Gasteiger partial charge on any atom is 0.145 e. The number of hydrogen-bond acceptors (Lipinski definition) is 3. The Morgan fingerprint density at radius 3 is 1.40 bits per heavy atom. The van der Waals surface area contributed by atoms with Crippen molar-refractivity contribution in [2.24, 2.45) is 0 Å². The van der Waals surface area contributed by atoms with Crippen molar-refractivity contribution in [3.63, 3.8) is 0 Å². The van der Waals surface area contributed by atoms with Crippen molar-refractivity contribution in [2.75, 3.05) is 9.80 Å². The first kappa shape index (κ1) is 47.9. The zero-order chi connectivity index (χ0) is 55.6. The SMILES string of the molecule is CC1(C)c2ccccc2-c2ccc(N(c3ccc(-c4ccccc4)cc3)c3ccc(-n4c5ccccc5c5c6oc7c(ccc8c7c7ccccc7n8-c7ccc(N(c8ccccc8)c8cccc9ccccc89)cc7)c6ccc54)cc3)cc21. The van der Waals surface area contributed by atoms with Gasteiger partial charge >= 0.3 is 0 Å². The lowest BCUT2D eigenvalue weighted by Crippen LogP contribution is -2.16. The molecule has 0 spiro atoms. The van der Waals surface area contributed by atoms with Crippen LogP contribution in [0.5, 0.6) is 0 Å². The van der Waals surface area contributed by atoms with Crippen LogP contribution in [0.2, 0.25) is 0 Å². The minimum atomic E-state index is -0.138. The molecule has 1 aliphatic carbocycles. The Hall–Kier alpha value is -10.9. The summed E-state index contributed by atoms with van der Waals surface area (Å²) < 4.78 is 12.2. The lowest BCUT2D eigenvalue weighted by atomic mass is 9.82. The second-order valence-electron chi connectivity index (χ2n) is 22.8. The Morgan fingerprint density at radius 1 is 0.310 bits per heavy atom. The number of aromatic nitrogens is 2. The molecule has 0 aliphatic heterocycles. The Balaban J connectivity index is 0.782. The van der Waals surface area contributed by atoms with Crippen LogP contribution in [0, 0.1) is 0 Å². The van der Waals surface area contributed by atoms with Crippen molar-refractivity contribution < 1.29 is 4.42 Å². The van der Waals surface area contributed by atoms with E-state index < -0.39 is 0 Å². The van der Waals surface area contributed by atoms with Gasteiger partial charge in [-0.05, 0) is 166 Å². The molecule has 5 heteroatoms. The van der Waals surface area contributed by atoms with Gasteiger partial charge in [-0.25, -0.2) is 0 Å². The second-order valence-corrected chi connectivity index (χ2v) is 22.8. The molecule has 0 amide bonds. The molecule has 0 saturated heterocycles. The average Bonchev–Trinajstić information content (AvgIpc) is 2.22. The molecule has 1 aliphatic rings. The van der Waals surface area contributed by atoms with Crippen LogP contribution in [0.15, 0.2) is 296 Å². The van der Waals surface area contributed by atoms with Crippen LogP contribution in [0.25, 0.3) is 110 Å². The third-order valence-electron chi connectivity index (χ3n) is 17.9. The van der Waals surface area contributed by atoms with Gasteiger partial charge < -0.3 is 23.4 Å². The summed E-state index contributed by atoms with van der Waals surface area (Å²) in [5.41, 5.74) is 22.6. The predicted octanol–water partition coefficient (Wildman–Crippen LogP) is 21.8. The standard InChI is InChI=1S/C79H54N4O/c1-79(2)68-28-14-11-25-62(68)63-45-44-60(50-69(63)79)80(55-34-32-52(33-35-55)51-18-5-3-6-19-51)56-36-40-58(41-37-56)82-71-29-15-12-26-66(71)75-73(82)48-46-64-65-47-49-74-76(78(65)84-77(64)75)67-27-13-16-30-72(67)83(74)59-42-38-57(39-43-59)81(54-22-7-4-8-23-54)70-31-17-21-53-20-9-10-24-61(53)70/h3-50H,1-2H3. The maximum absolute atomic E-state index is 7.39. The van der Waals surface area contributed by atoms with Gasteiger partial charge in [0.05, 0.1) is 38.5 Å². The van der Waals surface area contributed by atoms with Crippen LogP contribution in [-0.2, 0) is 5.41 Å². The van der Waals surface area contributed by atoms with E-state index in [1.807, 2.05) is 0 Å². The molecule has 0 radical (unpaired) electrons. The topological polar surface area (TPSA) is 29.5 Å². The van der Waals surface area contributed by atoms with Gasteiger partial charge in [-0.1, -0.05) is 178 Å². The Labute approximate surface area is 486 Å². The summed E-state index contributed by atoms with van der Waals surface area (Å²) in [7, 11) is 0. The summed E-state index contributed by atoms with van der Waals surface area (Å²) >= 11 is 0. The summed E-state index contributed by atoms with van der Waals surface area (Å²) in [4.78, 5) is 4.76. The van der Waals surface area contributed by atoms with Gasteiger partial charge in [-0.15, -0.1) is 0 Å². The molecule has 13 aromatic carbocycles. The molecule has 3 heterocycles. The third kappa shape index (κ3) is 7.22. The van der Waals surface area contributed by atoms with Crippen molar-refractivity contribution in [1.29, 1.82) is 0 Å². The molecule has 5 nitrogen and oxygen atoms in total. The van der Waals surface area contributed by atoms with E-state index in [4.69, 9.17) is 4.42 Å². The number of benzene rings is 13. The van der Waals surface area contributed by atoms with Gasteiger partial charge in [0, 0.05) is 72.2 Å². The normalized spacial score (nSPS) is 12.7. The fourth-order valence-corrected chi connectivity index (χ4v) is 14.0. The van der Waals surface area contributed by atoms with Crippen molar-refractivity contribution >= 4 is 110 Å². The zero-order valence-corrected chi connectivity index (χ0v) is 46.4. The Bertz CT molecular complexity index is 5260. The number of fused-ring (bicyclic) bond motifs is 15. The van der Waals surface area contributed by atoms with E-state index in [0.717, 1.165) is 111 Å². The van der Waals surface area contributed by atoms with E-state index >= 15 is 0 Å². The van der Waals surface area contributed by atoms with E-state index in [2.05, 4.69) is 324 Å². The highest BCUT2D eigenvalue weighted by atomic mass is 16.3. The van der Waals surface area contributed by atoms with Crippen LogP contribution in [0.1, 0.15) is 25.0 Å². The lowest BCUT2D eigenvalue weighted by Gasteiger charge is -2.28. The summed E-state index contributed by atoms with van der Waals surface area (Å²) in [6.07, 6.45) is 0. The maximum atomic E-state index is 7.39. The van der Waals surface area contributed by atoms with Crippen molar-refractivity contribution in [3.8, 4) is 33.6 Å². The molecule has 396 valence electrons. The lowest BCUT2D eigenvalue weighted by molar-refractivity contribution is 0.660. The van der Waals surface area contributed by atoms with Crippen LogP contribution < -0.4 is 9.80 Å². The molecule has 0 bridgehead atoms. The second kappa shape index (κ2) is 18.6. The fraction of sp³-hybridized carbons (Fsp3) is 0.0380. The van der Waals surface area contributed by atoms with Crippen molar-refractivity contribution in [1.82, 2.24) is 9.13 Å². The average molecular weight is 1080 g/mol. The molecule has 16 aromatic rings. The molecule has 0 fully saturated rings. The summed E-state index contributed by atoms with van der Waals surface area (Å²) in [5, 5.41) is 9.12. The number of furan rings is 1. The fourth-order valence-electron chi connectivity index (χ4n) is 14.0. The van der Waals surface area contributed by atoms with Crippen LogP contribution in [0.4, 0.5) is 34.1 Å². The Kier molecular flexibility index (Phi) is 10.6. The highest BCUT2D eigenvalue weighted by Crippen LogP contribution is 2.52. The Morgan fingerprint density at radius 2 is 0.774 bits per heavy atom. The molecule has 84 heavy (non-hydrogen) atoms. The smallest absolute Gasteiger partial charge is 0.145 e. The number of hydrogen-bond donors (Lipinski definition) is 0. The predicted molar refractivity (Wildman–Crippen MR) is 352 cm³/mol. The first-order valence-corrected chi connectivity index (χ1v) is 29.0. The highest BCUT2D eigenvalue weighted by Gasteiger charge is 2.36. The molecule has 0 atom stereocenters. The van der Waals surface area contributed by atoms with Crippen molar-refractivity contribution in [2.45, 2.75) is 19.3 Å². The summed E-state index contributed by atoms with van der Waals surface area (Å²) in [6, 6.07) is 106. The molecule has 3 aromatic heterocycles. The van der Waals surface area contributed by atoms with Gasteiger partial charge in [-0.3, -0.25) is 0 Å². The van der Waals surface area contributed by atoms with Crippen molar-refractivity contribution in [3.05, 3.63) is 302 Å². The quantitative estimate of drug-likeness (QED) is 0.144. The van der Waals surface area contributed by atoms with E-state index in [-0.39, 0.29) is 5.41 Å². The summed E-state index contributed by atoms with van der Waals surface area (Å²) in [6.45, 7) is 4.71. The monoisotopic (exact) mass is 1070 g/mol. The number of rotatable bonds is 9. The molecule has 0 saturated carbocycles. The molecule has 0 N–H and O–H groups in total. The summed E-state index contributed by atoms with van der Waals surface area (Å²) in [5.74, 6) is 0. The van der Waals surface area contributed by atoms with E-state index in [0.29, 0.717) is 0 Å². The van der Waals surface area contributed by atoms with Crippen LogP contribution >= 0.6 is 0 Å². The van der Waals surface area contributed by atoms with Gasteiger partial charge in [0.2, 0.25) is 0 Å². The molecule has 17 rings (SSSR count). The van der Waals surface area contributed by atoms with E-state index in [1.54, 1.807) is 0 Å².